The van der Waals surface area contributed by atoms with Gasteiger partial charge < -0.3 is 10.1 Å². The van der Waals surface area contributed by atoms with Gasteiger partial charge in [0.25, 0.3) is 5.56 Å². The van der Waals surface area contributed by atoms with Crippen LogP contribution in [0.4, 0.5) is 0 Å². The number of para-hydroxylation sites is 1. The van der Waals surface area contributed by atoms with Crippen LogP contribution in [-0.2, 0) is 18.3 Å². The number of aromatic nitrogens is 2. The average molecular weight is 399 g/mol. The first-order chi connectivity index (χ1) is 14.1. The molecule has 0 saturated carbocycles. The zero-order chi connectivity index (χ0) is 20.3. The molecule has 0 aliphatic carbocycles. The summed E-state index contributed by atoms with van der Waals surface area (Å²) >= 11 is 0. The second kappa shape index (κ2) is 8.86. The SMILES string of the molecule is Cc1c(CNCC2(N3CCCCC3)CCOCC2)c(=O)n(-c2ccccc2)n1C. The predicted octanol–water partition coefficient (Wildman–Crippen LogP) is 2.61. The van der Waals surface area contributed by atoms with Crippen molar-refractivity contribution in [3.63, 3.8) is 0 Å². The molecule has 1 aromatic carbocycles. The summed E-state index contributed by atoms with van der Waals surface area (Å²) in [5, 5.41) is 3.66. The molecule has 1 aromatic heterocycles. The highest BCUT2D eigenvalue weighted by Crippen LogP contribution is 2.30. The number of hydrogen-bond acceptors (Lipinski definition) is 4. The fourth-order valence-corrected chi connectivity index (χ4v) is 4.97. The molecule has 4 rings (SSSR count). The third-order valence-electron chi connectivity index (χ3n) is 6.88. The van der Waals surface area contributed by atoms with Crippen molar-refractivity contribution in [2.24, 2.45) is 7.05 Å². The Morgan fingerprint density at radius 1 is 1.07 bits per heavy atom. The molecule has 0 bridgehead atoms. The van der Waals surface area contributed by atoms with Crippen molar-refractivity contribution >= 4 is 0 Å². The number of nitrogens with zero attached hydrogens (tertiary/aromatic N) is 3. The first kappa shape index (κ1) is 20.4. The molecule has 0 unspecified atom stereocenters. The average Bonchev–Trinajstić information content (AvgIpc) is 2.99. The van der Waals surface area contributed by atoms with Crippen LogP contribution in [0, 0.1) is 6.92 Å². The maximum absolute atomic E-state index is 13.1. The molecule has 6 nitrogen and oxygen atoms in total. The Morgan fingerprint density at radius 3 is 2.45 bits per heavy atom. The zero-order valence-electron chi connectivity index (χ0n) is 17.8. The Bertz CT molecular complexity index is 859. The van der Waals surface area contributed by atoms with Crippen LogP contribution < -0.4 is 10.9 Å². The standard InChI is InChI=1S/C23H34N4O2/c1-19-21(22(28)27(25(19)2)20-9-5-3-6-10-20)17-24-18-23(11-15-29-16-12-23)26-13-7-4-8-14-26/h3,5-6,9-10,24H,4,7-8,11-18H2,1-2H3. The number of piperidine rings is 1. The Balaban J connectivity index is 1.50. The van der Waals surface area contributed by atoms with Crippen molar-refractivity contribution in [1.29, 1.82) is 0 Å². The number of hydrogen-bond donors (Lipinski definition) is 1. The highest BCUT2D eigenvalue weighted by atomic mass is 16.5. The Kier molecular flexibility index (Phi) is 6.23. The maximum atomic E-state index is 13.1. The van der Waals surface area contributed by atoms with Gasteiger partial charge in [0.1, 0.15) is 0 Å². The summed E-state index contributed by atoms with van der Waals surface area (Å²) in [7, 11) is 1.96. The molecular formula is C23H34N4O2. The molecule has 2 aliphatic heterocycles. The third kappa shape index (κ3) is 4.06. The van der Waals surface area contributed by atoms with Gasteiger partial charge >= 0.3 is 0 Å². The molecule has 2 aliphatic rings. The van der Waals surface area contributed by atoms with Gasteiger partial charge in [0.2, 0.25) is 0 Å². The number of likely N-dealkylation sites (tertiary alicyclic amines) is 1. The van der Waals surface area contributed by atoms with Crippen LogP contribution in [0.2, 0.25) is 0 Å². The van der Waals surface area contributed by atoms with Gasteiger partial charge in [-0.3, -0.25) is 14.4 Å². The lowest BCUT2D eigenvalue weighted by Crippen LogP contribution is -2.59. The summed E-state index contributed by atoms with van der Waals surface area (Å²) in [5.41, 5.74) is 3.02. The minimum absolute atomic E-state index is 0.0719. The molecule has 3 heterocycles. The molecular weight excluding hydrogens is 364 g/mol. The second-order valence-electron chi connectivity index (χ2n) is 8.53. The fourth-order valence-electron chi connectivity index (χ4n) is 4.97. The van der Waals surface area contributed by atoms with Crippen LogP contribution in [-0.4, -0.2) is 52.7 Å². The molecule has 6 heteroatoms. The molecule has 29 heavy (non-hydrogen) atoms. The molecule has 0 amide bonds. The highest BCUT2D eigenvalue weighted by molar-refractivity contribution is 5.33. The lowest BCUT2D eigenvalue weighted by atomic mass is 9.86. The van der Waals surface area contributed by atoms with Gasteiger partial charge in [0, 0.05) is 44.6 Å². The highest BCUT2D eigenvalue weighted by Gasteiger charge is 2.38. The Morgan fingerprint density at radius 2 is 1.76 bits per heavy atom. The van der Waals surface area contributed by atoms with E-state index in [0.717, 1.165) is 49.5 Å². The van der Waals surface area contributed by atoms with Crippen LogP contribution >= 0.6 is 0 Å². The van der Waals surface area contributed by atoms with E-state index in [4.69, 9.17) is 4.74 Å². The van der Waals surface area contributed by atoms with Crippen LogP contribution in [0.3, 0.4) is 0 Å². The summed E-state index contributed by atoms with van der Waals surface area (Å²) in [6, 6.07) is 9.86. The van der Waals surface area contributed by atoms with Gasteiger partial charge in [-0.05, 0) is 57.8 Å². The van der Waals surface area contributed by atoms with Crippen LogP contribution in [0.15, 0.2) is 35.1 Å². The topological polar surface area (TPSA) is 51.4 Å². The predicted molar refractivity (Wildman–Crippen MR) is 116 cm³/mol. The maximum Gasteiger partial charge on any atom is 0.276 e. The summed E-state index contributed by atoms with van der Waals surface area (Å²) in [6.45, 7) is 7.60. The van der Waals surface area contributed by atoms with Crippen molar-refractivity contribution in [3.8, 4) is 5.69 Å². The van der Waals surface area contributed by atoms with E-state index in [0.29, 0.717) is 6.54 Å². The number of rotatable bonds is 6. The van der Waals surface area contributed by atoms with E-state index >= 15 is 0 Å². The van der Waals surface area contributed by atoms with Gasteiger partial charge in [0.05, 0.1) is 11.3 Å². The van der Waals surface area contributed by atoms with Crippen molar-refractivity contribution in [3.05, 3.63) is 51.9 Å². The number of benzene rings is 1. The van der Waals surface area contributed by atoms with E-state index in [2.05, 4.69) is 10.2 Å². The van der Waals surface area contributed by atoms with Crippen LogP contribution in [0.25, 0.3) is 5.69 Å². The quantitative estimate of drug-likeness (QED) is 0.813. The van der Waals surface area contributed by atoms with Crippen molar-refractivity contribution in [1.82, 2.24) is 19.6 Å². The first-order valence-electron chi connectivity index (χ1n) is 11.0. The summed E-state index contributed by atoms with van der Waals surface area (Å²) in [4.78, 5) is 15.8. The summed E-state index contributed by atoms with van der Waals surface area (Å²) < 4.78 is 9.40. The second-order valence-corrected chi connectivity index (χ2v) is 8.53. The molecule has 2 fully saturated rings. The molecule has 158 valence electrons. The minimum Gasteiger partial charge on any atom is -0.381 e. The van der Waals surface area contributed by atoms with Gasteiger partial charge in [-0.15, -0.1) is 0 Å². The van der Waals surface area contributed by atoms with Gasteiger partial charge in [-0.1, -0.05) is 24.6 Å². The van der Waals surface area contributed by atoms with E-state index in [9.17, 15) is 4.79 Å². The molecule has 1 N–H and O–H groups in total. The van der Waals surface area contributed by atoms with Gasteiger partial charge in [-0.2, -0.15) is 0 Å². The monoisotopic (exact) mass is 398 g/mol. The zero-order valence-corrected chi connectivity index (χ0v) is 17.8. The molecule has 0 atom stereocenters. The lowest BCUT2D eigenvalue weighted by molar-refractivity contribution is -0.0358. The first-order valence-corrected chi connectivity index (χ1v) is 11.0. The lowest BCUT2D eigenvalue weighted by Gasteiger charge is -2.48. The minimum atomic E-state index is 0.0719. The fraction of sp³-hybridized carbons (Fsp3) is 0.609. The largest absolute Gasteiger partial charge is 0.381 e. The van der Waals surface area contributed by atoms with Crippen LogP contribution in [0.5, 0.6) is 0 Å². The molecule has 0 spiro atoms. The van der Waals surface area contributed by atoms with E-state index in [1.54, 1.807) is 4.68 Å². The summed E-state index contributed by atoms with van der Waals surface area (Å²) in [5.74, 6) is 0. The van der Waals surface area contributed by atoms with E-state index in [1.807, 2.05) is 49.0 Å². The smallest absolute Gasteiger partial charge is 0.276 e. The Labute approximate surface area is 173 Å². The number of ether oxygens (including phenoxy) is 1. The molecule has 0 radical (unpaired) electrons. The van der Waals surface area contributed by atoms with Crippen molar-refractivity contribution in [2.75, 3.05) is 32.8 Å². The van der Waals surface area contributed by atoms with E-state index in [1.165, 1.54) is 32.4 Å². The Hall–Kier alpha value is -1.89. The van der Waals surface area contributed by atoms with Gasteiger partial charge in [-0.25, -0.2) is 4.68 Å². The van der Waals surface area contributed by atoms with Crippen molar-refractivity contribution in [2.45, 2.75) is 51.1 Å². The normalized spacial score (nSPS) is 20.1. The molecule has 2 aromatic rings. The van der Waals surface area contributed by atoms with E-state index in [-0.39, 0.29) is 11.1 Å². The van der Waals surface area contributed by atoms with E-state index < -0.39 is 0 Å². The summed E-state index contributed by atoms with van der Waals surface area (Å²) in [6.07, 6.45) is 6.08. The third-order valence-corrected chi connectivity index (χ3v) is 6.88. The van der Waals surface area contributed by atoms with Crippen molar-refractivity contribution < 1.29 is 4.74 Å². The van der Waals surface area contributed by atoms with Gasteiger partial charge in [0.15, 0.2) is 0 Å². The van der Waals surface area contributed by atoms with Crippen LogP contribution in [0.1, 0.15) is 43.4 Å². The molecule has 2 saturated heterocycles. The number of nitrogens with one attached hydrogen (secondary N) is 1.